The Morgan fingerprint density at radius 1 is 1.39 bits per heavy atom. The van der Waals surface area contributed by atoms with E-state index < -0.39 is 0 Å². The summed E-state index contributed by atoms with van der Waals surface area (Å²) in [6, 6.07) is 9.76. The Hall–Kier alpha value is -1.90. The van der Waals surface area contributed by atoms with Crippen molar-refractivity contribution in [2.75, 3.05) is 14.2 Å². The highest BCUT2D eigenvalue weighted by Gasteiger charge is 2.12. The van der Waals surface area contributed by atoms with Gasteiger partial charge in [-0.1, -0.05) is 12.1 Å². The highest BCUT2D eigenvalue weighted by molar-refractivity contribution is 7.15. The third-order valence-corrected chi connectivity index (χ3v) is 3.45. The van der Waals surface area contributed by atoms with Gasteiger partial charge in [0, 0.05) is 12.7 Å². The predicted molar refractivity (Wildman–Crippen MR) is 69.5 cm³/mol. The van der Waals surface area contributed by atoms with Crippen molar-refractivity contribution in [2.45, 2.75) is 6.61 Å². The Balaban J connectivity index is 2.41. The van der Waals surface area contributed by atoms with Gasteiger partial charge in [0.25, 0.3) is 0 Å². The molecule has 0 bridgehead atoms. The first-order chi connectivity index (χ1) is 8.78. The number of nitrogens with zero attached hydrogens (tertiary/aromatic N) is 2. The summed E-state index contributed by atoms with van der Waals surface area (Å²) in [5.74, 6) is 0.773. The maximum atomic E-state index is 9.05. The van der Waals surface area contributed by atoms with Crippen molar-refractivity contribution in [3.8, 4) is 22.4 Å². The number of hydrogen-bond acceptors (Lipinski definition) is 5. The minimum Gasteiger partial charge on any atom is -0.497 e. The predicted octanol–water partition coefficient (Wildman–Crippen LogP) is 2.84. The number of thiazole rings is 1. The minimum atomic E-state index is 0.351. The lowest BCUT2D eigenvalue weighted by atomic mass is 10.2. The summed E-state index contributed by atoms with van der Waals surface area (Å²) in [4.78, 5) is 5.02. The van der Waals surface area contributed by atoms with Gasteiger partial charge in [-0.05, 0) is 12.1 Å². The molecule has 2 rings (SSSR count). The third-order valence-electron chi connectivity index (χ3n) is 2.40. The van der Waals surface area contributed by atoms with Crippen LogP contribution >= 0.6 is 11.3 Å². The molecule has 0 N–H and O–H groups in total. The molecule has 0 aliphatic rings. The second kappa shape index (κ2) is 5.63. The van der Waals surface area contributed by atoms with E-state index in [-0.39, 0.29) is 0 Å². The monoisotopic (exact) mass is 260 g/mol. The second-order valence-electron chi connectivity index (χ2n) is 3.57. The Morgan fingerprint density at radius 2 is 2.22 bits per heavy atom. The highest BCUT2D eigenvalue weighted by Crippen LogP contribution is 2.30. The zero-order chi connectivity index (χ0) is 13.0. The van der Waals surface area contributed by atoms with E-state index >= 15 is 0 Å². The van der Waals surface area contributed by atoms with Crippen molar-refractivity contribution in [1.29, 1.82) is 5.26 Å². The molecule has 0 saturated carbocycles. The summed E-state index contributed by atoms with van der Waals surface area (Å²) in [6.45, 7) is 0.351. The fourth-order valence-corrected chi connectivity index (χ4v) is 2.42. The smallest absolute Gasteiger partial charge is 0.130 e. The molecule has 0 aliphatic carbocycles. The normalized spacial score (nSPS) is 10.1. The fraction of sp³-hybridized carbons (Fsp3) is 0.231. The summed E-state index contributed by atoms with van der Waals surface area (Å²) >= 11 is 1.36. The number of rotatable bonds is 4. The molecule has 0 radical (unpaired) electrons. The first-order valence-corrected chi connectivity index (χ1v) is 6.13. The van der Waals surface area contributed by atoms with Gasteiger partial charge in [0.1, 0.15) is 21.7 Å². The number of hydrogen-bond donors (Lipinski definition) is 0. The van der Waals surface area contributed by atoms with Crippen molar-refractivity contribution in [3.05, 3.63) is 34.8 Å². The van der Waals surface area contributed by atoms with Gasteiger partial charge in [0.05, 0.1) is 19.4 Å². The highest BCUT2D eigenvalue weighted by atomic mass is 32.1. The summed E-state index contributed by atoms with van der Waals surface area (Å²) in [5.41, 5.74) is 1.63. The molecular weight excluding hydrogens is 248 g/mol. The van der Waals surface area contributed by atoms with E-state index in [0.717, 1.165) is 16.3 Å². The van der Waals surface area contributed by atoms with Gasteiger partial charge in [-0.2, -0.15) is 5.26 Å². The summed E-state index contributed by atoms with van der Waals surface area (Å²) in [7, 11) is 3.21. The average molecular weight is 260 g/mol. The Labute approximate surface area is 109 Å². The molecule has 5 heteroatoms. The lowest BCUT2D eigenvalue weighted by molar-refractivity contribution is 0.182. The SMILES string of the molecule is COCc1nc(-c2cccc(OC)c2)sc1C#N. The first-order valence-electron chi connectivity index (χ1n) is 5.31. The van der Waals surface area contributed by atoms with Crippen LogP contribution in [0.4, 0.5) is 0 Å². The summed E-state index contributed by atoms with van der Waals surface area (Å²) in [6.07, 6.45) is 0. The second-order valence-corrected chi connectivity index (χ2v) is 4.57. The van der Waals surface area contributed by atoms with Crippen LogP contribution < -0.4 is 4.74 Å². The lowest BCUT2D eigenvalue weighted by Crippen LogP contribution is -1.90. The van der Waals surface area contributed by atoms with Crippen molar-refractivity contribution < 1.29 is 9.47 Å². The van der Waals surface area contributed by atoms with Crippen LogP contribution in [0.5, 0.6) is 5.75 Å². The minimum absolute atomic E-state index is 0.351. The van der Waals surface area contributed by atoms with Gasteiger partial charge >= 0.3 is 0 Å². The number of methoxy groups -OCH3 is 2. The van der Waals surface area contributed by atoms with Crippen molar-refractivity contribution in [2.24, 2.45) is 0 Å². The molecule has 4 nitrogen and oxygen atoms in total. The third kappa shape index (κ3) is 2.50. The number of aromatic nitrogens is 1. The molecule has 92 valence electrons. The molecular formula is C13H12N2O2S. The van der Waals surface area contributed by atoms with Crippen LogP contribution in [0.2, 0.25) is 0 Å². The number of ether oxygens (including phenoxy) is 2. The zero-order valence-electron chi connectivity index (χ0n) is 10.1. The van der Waals surface area contributed by atoms with E-state index in [0.29, 0.717) is 17.2 Å². The lowest BCUT2D eigenvalue weighted by Gasteiger charge is -2.01. The molecule has 1 aromatic heterocycles. The molecule has 1 aromatic carbocycles. The van der Waals surface area contributed by atoms with Crippen LogP contribution in [0, 0.1) is 11.3 Å². The van der Waals surface area contributed by atoms with E-state index in [4.69, 9.17) is 14.7 Å². The molecule has 0 unspecified atom stereocenters. The maximum absolute atomic E-state index is 9.05. The van der Waals surface area contributed by atoms with Crippen molar-refractivity contribution in [1.82, 2.24) is 4.98 Å². The molecule has 0 fully saturated rings. The molecule has 0 aliphatic heterocycles. The van der Waals surface area contributed by atoms with Crippen molar-refractivity contribution in [3.63, 3.8) is 0 Å². The Kier molecular flexibility index (Phi) is 3.92. The molecule has 0 amide bonds. The number of nitriles is 1. The Morgan fingerprint density at radius 3 is 2.89 bits per heavy atom. The maximum Gasteiger partial charge on any atom is 0.130 e. The molecule has 0 saturated heterocycles. The molecule has 0 atom stereocenters. The van der Waals surface area contributed by atoms with E-state index in [1.165, 1.54) is 11.3 Å². The van der Waals surface area contributed by atoms with Gasteiger partial charge in [-0.3, -0.25) is 0 Å². The topological polar surface area (TPSA) is 55.1 Å². The van der Waals surface area contributed by atoms with Crippen LogP contribution in [0.3, 0.4) is 0 Å². The fourth-order valence-electron chi connectivity index (χ4n) is 1.55. The standard InChI is InChI=1S/C13H12N2O2S/c1-16-8-11-12(7-14)18-13(15-11)9-4-3-5-10(6-9)17-2/h3-6H,8H2,1-2H3. The number of benzene rings is 1. The Bertz CT molecular complexity index is 587. The van der Waals surface area contributed by atoms with Gasteiger partial charge in [-0.15, -0.1) is 11.3 Å². The quantitative estimate of drug-likeness (QED) is 0.848. The van der Waals surface area contributed by atoms with Crippen LogP contribution in [-0.2, 0) is 11.3 Å². The van der Waals surface area contributed by atoms with Crippen LogP contribution in [0.25, 0.3) is 10.6 Å². The first kappa shape index (κ1) is 12.6. The van der Waals surface area contributed by atoms with Gasteiger partial charge in [0.2, 0.25) is 0 Å². The van der Waals surface area contributed by atoms with Crippen LogP contribution in [-0.4, -0.2) is 19.2 Å². The largest absolute Gasteiger partial charge is 0.497 e. The zero-order valence-corrected chi connectivity index (χ0v) is 11.0. The molecule has 1 heterocycles. The van der Waals surface area contributed by atoms with Crippen LogP contribution in [0.1, 0.15) is 10.6 Å². The van der Waals surface area contributed by atoms with Crippen molar-refractivity contribution >= 4 is 11.3 Å². The van der Waals surface area contributed by atoms with Gasteiger partial charge < -0.3 is 9.47 Å². The average Bonchev–Trinajstić information content (AvgIpc) is 2.82. The van der Waals surface area contributed by atoms with Gasteiger partial charge in [0.15, 0.2) is 0 Å². The summed E-state index contributed by atoms with van der Waals surface area (Å²) < 4.78 is 10.2. The molecule has 2 aromatic rings. The van der Waals surface area contributed by atoms with E-state index in [1.807, 2.05) is 24.3 Å². The van der Waals surface area contributed by atoms with Gasteiger partial charge in [-0.25, -0.2) is 4.98 Å². The van der Waals surface area contributed by atoms with Crippen LogP contribution in [0.15, 0.2) is 24.3 Å². The van der Waals surface area contributed by atoms with E-state index in [1.54, 1.807) is 14.2 Å². The van der Waals surface area contributed by atoms with E-state index in [9.17, 15) is 0 Å². The molecule has 0 spiro atoms. The van der Waals surface area contributed by atoms with E-state index in [2.05, 4.69) is 11.1 Å². The molecule has 18 heavy (non-hydrogen) atoms. The summed E-state index contributed by atoms with van der Waals surface area (Å²) in [5, 5.41) is 9.85.